The quantitative estimate of drug-likeness (QED) is 0.197. The lowest BCUT2D eigenvalue weighted by atomic mass is 10.1. The van der Waals surface area contributed by atoms with Crippen LogP contribution in [0.15, 0.2) is 36.0 Å². The summed E-state index contributed by atoms with van der Waals surface area (Å²) >= 11 is 0. The SMILES string of the molecule is CNC(=O)CCCOCCNC(=O)CC(=O)Nc1ccc(CC(=O)/C=C(/C)NC)cc1. The number of carbonyl (C=O) groups is 4. The number of hydrogen-bond donors (Lipinski definition) is 4. The Morgan fingerprint density at radius 1 is 0.935 bits per heavy atom. The van der Waals surface area contributed by atoms with Gasteiger partial charge in [-0.05, 0) is 31.0 Å². The lowest BCUT2D eigenvalue weighted by Crippen LogP contribution is -2.30. The first-order valence-electron chi connectivity index (χ1n) is 10.2. The maximum Gasteiger partial charge on any atom is 0.233 e. The van der Waals surface area contributed by atoms with Crippen molar-refractivity contribution < 1.29 is 23.9 Å². The van der Waals surface area contributed by atoms with Crippen molar-refractivity contribution in [3.63, 3.8) is 0 Å². The predicted molar refractivity (Wildman–Crippen MR) is 118 cm³/mol. The molecule has 0 spiro atoms. The van der Waals surface area contributed by atoms with Gasteiger partial charge in [0.05, 0.1) is 6.61 Å². The number of benzene rings is 1. The van der Waals surface area contributed by atoms with Gasteiger partial charge in [-0.15, -0.1) is 0 Å². The third kappa shape index (κ3) is 12.2. The topological polar surface area (TPSA) is 126 Å². The standard InChI is InChI=1S/C22H32N4O5/c1-16(23-2)13-19(27)14-17-6-8-18(9-7-17)26-22(30)15-21(29)25-10-12-31-11-4-5-20(28)24-3/h6-9,13,23H,4-5,10-12,14-15H2,1-3H3,(H,24,28)(H,25,29)(H,26,30)/b16-13-. The molecule has 0 saturated heterocycles. The summed E-state index contributed by atoms with van der Waals surface area (Å²) in [6.45, 7) is 2.84. The van der Waals surface area contributed by atoms with Crippen LogP contribution >= 0.6 is 0 Å². The second-order valence-corrected chi connectivity index (χ2v) is 6.88. The fourth-order valence-electron chi connectivity index (χ4n) is 2.51. The van der Waals surface area contributed by atoms with Gasteiger partial charge in [0, 0.05) is 57.5 Å². The molecule has 31 heavy (non-hydrogen) atoms. The van der Waals surface area contributed by atoms with E-state index in [0.717, 1.165) is 11.3 Å². The van der Waals surface area contributed by atoms with Crippen molar-refractivity contribution in [3.05, 3.63) is 41.6 Å². The minimum atomic E-state index is -0.430. The molecule has 0 aliphatic heterocycles. The molecular weight excluding hydrogens is 400 g/mol. The molecule has 0 fully saturated rings. The number of carbonyl (C=O) groups excluding carboxylic acids is 4. The van der Waals surface area contributed by atoms with Crippen molar-refractivity contribution in [1.29, 1.82) is 0 Å². The molecule has 9 nitrogen and oxygen atoms in total. The zero-order valence-corrected chi connectivity index (χ0v) is 18.4. The van der Waals surface area contributed by atoms with Crippen LogP contribution < -0.4 is 21.3 Å². The van der Waals surface area contributed by atoms with E-state index in [1.165, 1.54) is 0 Å². The first kappa shape index (κ1) is 25.8. The fourth-order valence-corrected chi connectivity index (χ4v) is 2.51. The van der Waals surface area contributed by atoms with E-state index in [2.05, 4.69) is 21.3 Å². The van der Waals surface area contributed by atoms with Crippen LogP contribution in [0.2, 0.25) is 0 Å². The molecule has 0 aliphatic carbocycles. The Balaban J connectivity index is 2.25. The third-order valence-corrected chi connectivity index (χ3v) is 4.25. The Labute approximate surface area is 183 Å². The molecule has 0 aliphatic rings. The number of hydrogen-bond acceptors (Lipinski definition) is 6. The van der Waals surface area contributed by atoms with E-state index in [1.54, 1.807) is 44.4 Å². The van der Waals surface area contributed by atoms with Crippen LogP contribution in [-0.4, -0.2) is 57.4 Å². The Morgan fingerprint density at radius 2 is 1.65 bits per heavy atom. The number of amides is 3. The summed E-state index contributed by atoms with van der Waals surface area (Å²) in [7, 11) is 3.33. The van der Waals surface area contributed by atoms with Crippen LogP contribution in [0, 0.1) is 0 Å². The molecular formula is C22H32N4O5. The number of ether oxygens (including phenoxy) is 1. The summed E-state index contributed by atoms with van der Waals surface area (Å²) < 4.78 is 5.32. The molecule has 4 N–H and O–H groups in total. The van der Waals surface area contributed by atoms with Gasteiger partial charge in [-0.1, -0.05) is 12.1 Å². The number of anilines is 1. The molecule has 3 amide bonds. The summed E-state index contributed by atoms with van der Waals surface area (Å²) in [6, 6.07) is 6.91. The van der Waals surface area contributed by atoms with Crippen LogP contribution in [0.1, 0.15) is 31.7 Å². The van der Waals surface area contributed by atoms with Crippen LogP contribution in [0.5, 0.6) is 0 Å². The van der Waals surface area contributed by atoms with Gasteiger partial charge in [-0.2, -0.15) is 0 Å². The van der Waals surface area contributed by atoms with E-state index in [0.29, 0.717) is 31.7 Å². The van der Waals surface area contributed by atoms with Crippen molar-refractivity contribution in [3.8, 4) is 0 Å². The average Bonchev–Trinajstić information content (AvgIpc) is 2.73. The Kier molecular flexibility index (Phi) is 12.3. The Bertz CT molecular complexity index is 775. The highest BCUT2D eigenvalue weighted by atomic mass is 16.5. The van der Waals surface area contributed by atoms with Gasteiger partial charge in [0.25, 0.3) is 0 Å². The van der Waals surface area contributed by atoms with Gasteiger partial charge < -0.3 is 26.0 Å². The van der Waals surface area contributed by atoms with Crippen molar-refractivity contribution >= 4 is 29.2 Å². The molecule has 1 aromatic carbocycles. The zero-order chi connectivity index (χ0) is 23.1. The van der Waals surface area contributed by atoms with Gasteiger partial charge in [0.2, 0.25) is 17.7 Å². The smallest absolute Gasteiger partial charge is 0.233 e. The third-order valence-electron chi connectivity index (χ3n) is 4.25. The van der Waals surface area contributed by atoms with Crippen molar-refractivity contribution in [2.45, 2.75) is 32.6 Å². The van der Waals surface area contributed by atoms with E-state index in [9.17, 15) is 19.2 Å². The van der Waals surface area contributed by atoms with Crippen molar-refractivity contribution in [1.82, 2.24) is 16.0 Å². The molecule has 0 heterocycles. The average molecular weight is 433 g/mol. The molecule has 1 aromatic rings. The van der Waals surface area contributed by atoms with Crippen LogP contribution in [0.25, 0.3) is 0 Å². The lowest BCUT2D eigenvalue weighted by Gasteiger charge is -2.08. The first-order valence-corrected chi connectivity index (χ1v) is 10.2. The first-order chi connectivity index (χ1) is 14.8. The maximum absolute atomic E-state index is 12.0. The summed E-state index contributed by atoms with van der Waals surface area (Å²) in [5.74, 6) is -0.890. The van der Waals surface area contributed by atoms with E-state index >= 15 is 0 Å². The van der Waals surface area contributed by atoms with E-state index in [1.807, 2.05) is 6.92 Å². The maximum atomic E-state index is 12.0. The van der Waals surface area contributed by atoms with Crippen LogP contribution in [0.3, 0.4) is 0 Å². The number of allylic oxidation sites excluding steroid dienone is 2. The largest absolute Gasteiger partial charge is 0.392 e. The molecule has 9 heteroatoms. The van der Waals surface area contributed by atoms with Crippen molar-refractivity contribution in [2.75, 3.05) is 39.2 Å². The highest BCUT2D eigenvalue weighted by Crippen LogP contribution is 2.11. The summed E-state index contributed by atoms with van der Waals surface area (Å²) in [5, 5.41) is 10.7. The fraction of sp³-hybridized carbons (Fsp3) is 0.455. The molecule has 0 saturated carbocycles. The second-order valence-electron chi connectivity index (χ2n) is 6.88. The Morgan fingerprint density at radius 3 is 2.29 bits per heavy atom. The molecule has 1 rings (SSSR count). The molecule has 0 bridgehead atoms. The number of nitrogens with one attached hydrogen (secondary N) is 4. The van der Waals surface area contributed by atoms with Crippen LogP contribution in [0.4, 0.5) is 5.69 Å². The molecule has 0 radical (unpaired) electrons. The van der Waals surface area contributed by atoms with E-state index < -0.39 is 11.8 Å². The van der Waals surface area contributed by atoms with Gasteiger partial charge in [-0.25, -0.2) is 0 Å². The van der Waals surface area contributed by atoms with Gasteiger partial charge in [-0.3, -0.25) is 19.2 Å². The number of rotatable bonds is 14. The van der Waals surface area contributed by atoms with E-state index in [-0.39, 0.29) is 31.1 Å². The summed E-state index contributed by atoms with van der Waals surface area (Å²) in [4.78, 5) is 46.8. The van der Waals surface area contributed by atoms with Crippen LogP contribution in [-0.2, 0) is 30.3 Å². The molecule has 0 atom stereocenters. The van der Waals surface area contributed by atoms with Gasteiger partial charge in [0.15, 0.2) is 5.78 Å². The summed E-state index contributed by atoms with van der Waals surface area (Å²) in [5.41, 5.74) is 2.17. The second kappa shape index (κ2) is 14.7. The zero-order valence-electron chi connectivity index (χ0n) is 18.4. The molecule has 0 unspecified atom stereocenters. The van der Waals surface area contributed by atoms with Gasteiger partial charge >= 0.3 is 0 Å². The minimum Gasteiger partial charge on any atom is -0.392 e. The van der Waals surface area contributed by atoms with E-state index in [4.69, 9.17) is 4.74 Å². The monoisotopic (exact) mass is 432 g/mol. The lowest BCUT2D eigenvalue weighted by molar-refractivity contribution is -0.127. The predicted octanol–water partition coefficient (Wildman–Crippen LogP) is 0.909. The highest BCUT2D eigenvalue weighted by Gasteiger charge is 2.10. The normalized spacial score (nSPS) is 10.9. The molecule has 0 aromatic heterocycles. The number of ketones is 1. The van der Waals surface area contributed by atoms with Gasteiger partial charge in [0.1, 0.15) is 6.42 Å². The highest BCUT2D eigenvalue weighted by molar-refractivity contribution is 6.03. The Hall–Kier alpha value is -3.20. The minimum absolute atomic E-state index is 0.0178. The van der Waals surface area contributed by atoms with Crippen molar-refractivity contribution in [2.24, 2.45) is 0 Å². The molecule has 170 valence electrons. The summed E-state index contributed by atoms with van der Waals surface area (Å²) in [6.07, 6.45) is 2.52.